The third-order valence-corrected chi connectivity index (χ3v) is 3.90. The van der Waals surface area contributed by atoms with Gasteiger partial charge in [-0.3, -0.25) is 0 Å². The Morgan fingerprint density at radius 2 is 1.75 bits per heavy atom. The van der Waals surface area contributed by atoms with E-state index in [4.69, 9.17) is 11.6 Å². The Morgan fingerprint density at radius 3 is 2.35 bits per heavy atom. The maximum Gasteiger partial charge on any atom is 0.147 e. The molecule has 0 aliphatic heterocycles. The SMILES string of the molecule is Fc1ccc(C(Nc2c(F)cccc2Cl)C2CC2)cc1. The van der Waals surface area contributed by atoms with E-state index < -0.39 is 0 Å². The molecule has 3 rings (SSSR count). The lowest BCUT2D eigenvalue weighted by Crippen LogP contribution is -2.14. The Labute approximate surface area is 121 Å². The zero-order chi connectivity index (χ0) is 14.1. The average Bonchev–Trinajstić information content (AvgIpc) is 3.24. The second kappa shape index (κ2) is 5.41. The zero-order valence-corrected chi connectivity index (χ0v) is 11.5. The van der Waals surface area contributed by atoms with Gasteiger partial charge in [0, 0.05) is 0 Å². The number of para-hydroxylation sites is 1. The molecule has 1 nitrogen and oxygen atoms in total. The minimum absolute atomic E-state index is 0.0370. The highest BCUT2D eigenvalue weighted by Crippen LogP contribution is 2.44. The van der Waals surface area contributed by atoms with Gasteiger partial charge >= 0.3 is 0 Å². The summed E-state index contributed by atoms with van der Waals surface area (Å²) in [6.45, 7) is 0. The van der Waals surface area contributed by atoms with E-state index in [0.717, 1.165) is 18.4 Å². The number of hydrogen-bond donors (Lipinski definition) is 1. The van der Waals surface area contributed by atoms with E-state index in [9.17, 15) is 8.78 Å². The maximum absolute atomic E-state index is 13.9. The van der Waals surface area contributed by atoms with E-state index in [0.29, 0.717) is 16.6 Å². The maximum atomic E-state index is 13.9. The Balaban J connectivity index is 1.90. The van der Waals surface area contributed by atoms with Crippen LogP contribution in [0.25, 0.3) is 0 Å². The number of halogens is 3. The van der Waals surface area contributed by atoms with Gasteiger partial charge in [0.25, 0.3) is 0 Å². The molecule has 0 saturated heterocycles. The van der Waals surface area contributed by atoms with Crippen molar-refractivity contribution in [2.75, 3.05) is 5.32 Å². The summed E-state index contributed by atoms with van der Waals surface area (Å²) in [5.74, 6) is -0.200. The lowest BCUT2D eigenvalue weighted by molar-refractivity contribution is 0.611. The van der Waals surface area contributed by atoms with Crippen LogP contribution < -0.4 is 5.32 Å². The first-order valence-electron chi connectivity index (χ1n) is 6.61. The monoisotopic (exact) mass is 293 g/mol. The van der Waals surface area contributed by atoms with Crippen LogP contribution in [-0.2, 0) is 0 Å². The van der Waals surface area contributed by atoms with Crippen molar-refractivity contribution in [1.82, 2.24) is 0 Å². The molecule has 1 fully saturated rings. The van der Waals surface area contributed by atoms with Gasteiger partial charge in [-0.05, 0) is 48.6 Å². The summed E-state index contributed by atoms with van der Waals surface area (Å²) in [4.78, 5) is 0. The lowest BCUT2D eigenvalue weighted by atomic mass is 10.0. The van der Waals surface area contributed by atoms with Crippen LogP contribution >= 0.6 is 11.6 Å². The molecule has 1 aliphatic rings. The van der Waals surface area contributed by atoms with E-state index in [1.807, 2.05) is 0 Å². The molecule has 0 bridgehead atoms. The van der Waals surface area contributed by atoms with Gasteiger partial charge in [-0.1, -0.05) is 29.8 Å². The molecule has 1 atom stereocenters. The fraction of sp³-hybridized carbons (Fsp3) is 0.250. The third kappa shape index (κ3) is 2.78. The Morgan fingerprint density at radius 1 is 1.05 bits per heavy atom. The summed E-state index contributed by atoms with van der Waals surface area (Å²) in [5.41, 5.74) is 1.27. The molecule has 20 heavy (non-hydrogen) atoms. The van der Waals surface area contributed by atoms with Crippen LogP contribution in [0.3, 0.4) is 0 Å². The van der Waals surface area contributed by atoms with Gasteiger partial charge in [0.05, 0.1) is 16.8 Å². The molecule has 1 aliphatic carbocycles. The van der Waals surface area contributed by atoms with Crippen molar-refractivity contribution in [3.05, 3.63) is 64.7 Å². The molecule has 0 spiro atoms. The predicted molar refractivity (Wildman–Crippen MR) is 76.9 cm³/mol. The molecule has 4 heteroatoms. The van der Waals surface area contributed by atoms with Gasteiger partial charge in [-0.2, -0.15) is 0 Å². The van der Waals surface area contributed by atoms with Gasteiger partial charge in [0.15, 0.2) is 0 Å². The molecule has 0 amide bonds. The van der Waals surface area contributed by atoms with Crippen molar-refractivity contribution in [3.63, 3.8) is 0 Å². The van der Waals surface area contributed by atoms with Crippen LogP contribution in [0.4, 0.5) is 14.5 Å². The number of anilines is 1. The molecule has 104 valence electrons. The van der Waals surface area contributed by atoms with Gasteiger partial charge in [-0.25, -0.2) is 8.78 Å². The van der Waals surface area contributed by atoms with E-state index in [-0.39, 0.29) is 17.7 Å². The minimum atomic E-state index is -0.370. The summed E-state index contributed by atoms with van der Waals surface area (Å²) in [6.07, 6.45) is 2.17. The van der Waals surface area contributed by atoms with Gasteiger partial charge in [-0.15, -0.1) is 0 Å². The van der Waals surface area contributed by atoms with Crippen LogP contribution in [0.15, 0.2) is 42.5 Å². The summed E-state index contributed by atoms with van der Waals surface area (Å²) >= 11 is 6.05. The average molecular weight is 294 g/mol. The van der Waals surface area contributed by atoms with Crippen molar-refractivity contribution in [2.45, 2.75) is 18.9 Å². The highest BCUT2D eigenvalue weighted by molar-refractivity contribution is 6.33. The van der Waals surface area contributed by atoms with Crippen molar-refractivity contribution < 1.29 is 8.78 Å². The van der Waals surface area contributed by atoms with Crippen molar-refractivity contribution in [1.29, 1.82) is 0 Å². The molecular formula is C16H14ClF2N. The highest BCUT2D eigenvalue weighted by atomic mass is 35.5. The summed E-state index contributed by atoms with van der Waals surface area (Å²) < 4.78 is 26.9. The van der Waals surface area contributed by atoms with Crippen LogP contribution in [-0.4, -0.2) is 0 Å². The second-order valence-corrected chi connectivity index (χ2v) is 5.51. The highest BCUT2D eigenvalue weighted by Gasteiger charge is 2.33. The number of nitrogens with one attached hydrogen (secondary N) is 1. The van der Waals surface area contributed by atoms with Gasteiger partial charge in [0.1, 0.15) is 11.6 Å². The zero-order valence-electron chi connectivity index (χ0n) is 10.7. The lowest BCUT2D eigenvalue weighted by Gasteiger charge is -2.21. The Kier molecular flexibility index (Phi) is 3.62. The fourth-order valence-corrected chi connectivity index (χ4v) is 2.58. The molecule has 1 unspecified atom stereocenters. The first-order chi connectivity index (χ1) is 9.65. The largest absolute Gasteiger partial charge is 0.374 e. The van der Waals surface area contributed by atoms with Crippen LogP contribution in [0.1, 0.15) is 24.4 Å². The molecule has 2 aromatic rings. The predicted octanol–water partition coefficient (Wildman–Crippen LogP) is 5.18. The van der Waals surface area contributed by atoms with E-state index in [1.54, 1.807) is 24.3 Å². The van der Waals surface area contributed by atoms with Gasteiger partial charge < -0.3 is 5.32 Å². The first kappa shape index (κ1) is 13.4. The number of hydrogen-bond acceptors (Lipinski definition) is 1. The molecule has 1 N–H and O–H groups in total. The van der Waals surface area contributed by atoms with Crippen LogP contribution in [0.2, 0.25) is 5.02 Å². The molecular weight excluding hydrogens is 280 g/mol. The second-order valence-electron chi connectivity index (χ2n) is 5.11. The van der Waals surface area contributed by atoms with Crippen molar-refractivity contribution in [3.8, 4) is 0 Å². The topological polar surface area (TPSA) is 12.0 Å². The smallest absolute Gasteiger partial charge is 0.147 e. The molecule has 0 aromatic heterocycles. The normalized spacial score (nSPS) is 15.9. The van der Waals surface area contributed by atoms with Crippen LogP contribution in [0.5, 0.6) is 0 Å². The number of rotatable bonds is 4. The number of benzene rings is 2. The van der Waals surface area contributed by atoms with E-state index in [2.05, 4.69) is 5.32 Å². The summed E-state index contributed by atoms with van der Waals surface area (Å²) in [5, 5.41) is 3.54. The fourth-order valence-electron chi connectivity index (χ4n) is 2.36. The Hall–Kier alpha value is -1.61. The van der Waals surface area contributed by atoms with Crippen LogP contribution in [0, 0.1) is 17.6 Å². The molecule has 0 heterocycles. The van der Waals surface area contributed by atoms with E-state index in [1.165, 1.54) is 18.2 Å². The van der Waals surface area contributed by atoms with E-state index >= 15 is 0 Å². The molecule has 0 radical (unpaired) electrons. The summed E-state index contributed by atoms with van der Waals surface area (Å²) in [7, 11) is 0. The quantitative estimate of drug-likeness (QED) is 0.819. The van der Waals surface area contributed by atoms with Gasteiger partial charge in [0.2, 0.25) is 0 Å². The summed E-state index contributed by atoms with van der Waals surface area (Å²) in [6, 6.07) is 10.9. The van der Waals surface area contributed by atoms with Crippen molar-refractivity contribution in [2.24, 2.45) is 5.92 Å². The molecule has 2 aromatic carbocycles. The van der Waals surface area contributed by atoms with Crippen molar-refractivity contribution >= 4 is 17.3 Å². The Bertz CT molecular complexity index is 588. The third-order valence-electron chi connectivity index (χ3n) is 3.59. The molecule has 1 saturated carbocycles. The first-order valence-corrected chi connectivity index (χ1v) is 6.99. The standard InChI is InChI=1S/C16H14ClF2N/c17-13-2-1-3-14(19)16(13)20-15(10-4-5-10)11-6-8-12(18)9-7-11/h1-3,6-10,15,20H,4-5H2. The minimum Gasteiger partial charge on any atom is -0.374 e.